The van der Waals surface area contributed by atoms with Crippen molar-refractivity contribution in [3.8, 4) is 11.5 Å². The van der Waals surface area contributed by atoms with E-state index in [4.69, 9.17) is 14.0 Å². The Labute approximate surface area is 176 Å². The second-order valence-corrected chi connectivity index (χ2v) is 8.48. The molecule has 0 aliphatic carbocycles. The SMILES string of the molecule is COc1cc(OC)cc(C(=O)N2CCC(C(=O)Nc3cc(C(C)(C)C)on3)CC2)c1. The Morgan fingerprint density at radius 2 is 1.67 bits per heavy atom. The maximum atomic E-state index is 12.9. The maximum absolute atomic E-state index is 12.9. The van der Waals surface area contributed by atoms with E-state index in [1.807, 2.05) is 20.8 Å². The number of nitrogens with one attached hydrogen (secondary N) is 1. The number of ether oxygens (including phenoxy) is 2. The van der Waals surface area contributed by atoms with E-state index in [0.717, 1.165) is 0 Å². The molecule has 0 spiro atoms. The molecule has 1 aromatic heterocycles. The van der Waals surface area contributed by atoms with E-state index < -0.39 is 0 Å². The largest absolute Gasteiger partial charge is 0.497 e. The number of aromatic nitrogens is 1. The van der Waals surface area contributed by atoms with Crippen LogP contribution in [0, 0.1) is 5.92 Å². The Hall–Kier alpha value is -3.03. The van der Waals surface area contributed by atoms with Crippen LogP contribution in [-0.4, -0.2) is 49.2 Å². The van der Waals surface area contributed by atoms with Gasteiger partial charge in [0.05, 0.1) is 14.2 Å². The molecule has 162 valence electrons. The highest BCUT2D eigenvalue weighted by Gasteiger charge is 2.29. The van der Waals surface area contributed by atoms with Crippen molar-refractivity contribution in [2.45, 2.75) is 39.0 Å². The molecule has 8 heteroatoms. The molecule has 0 bridgehead atoms. The first-order valence-corrected chi connectivity index (χ1v) is 10.0. The summed E-state index contributed by atoms with van der Waals surface area (Å²) in [5.41, 5.74) is 0.330. The lowest BCUT2D eigenvalue weighted by Crippen LogP contribution is -2.41. The molecule has 3 rings (SSSR count). The second kappa shape index (κ2) is 8.77. The molecule has 30 heavy (non-hydrogen) atoms. The average Bonchev–Trinajstić information content (AvgIpc) is 3.22. The van der Waals surface area contributed by atoms with Crippen LogP contribution >= 0.6 is 0 Å². The Kier molecular flexibility index (Phi) is 6.34. The van der Waals surface area contributed by atoms with Crippen molar-refractivity contribution in [1.82, 2.24) is 10.1 Å². The molecule has 0 saturated carbocycles. The van der Waals surface area contributed by atoms with E-state index in [1.54, 1.807) is 43.4 Å². The van der Waals surface area contributed by atoms with Crippen LogP contribution in [0.3, 0.4) is 0 Å². The lowest BCUT2D eigenvalue weighted by atomic mass is 9.93. The number of amides is 2. The molecule has 0 unspecified atom stereocenters. The van der Waals surface area contributed by atoms with Crippen LogP contribution in [-0.2, 0) is 10.2 Å². The van der Waals surface area contributed by atoms with Crippen molar-refractivity contribution < 1.29 is 23.6 Å². The van der Waals surface area contributed by atoms with E-state index >= 15 is 0 Å². The quantitative estimate of drug-likeness (QED) is 0.804. The third-order valence-corrected chi connectivity index (χ3v) is 5.25. The Morgan fingerprint density at radius 1 is 1.07 bits per heavy atom. The summed E-state index contributed by atoms with van der Waals surface area (Å²) in [6, 6.07) is 6.87. The standard InChI is InChI=1S/C22H29N3O5/c1-22(2,3)18-13-19(24-30-18)23-20(26)14-6-8-25(9-7-14)21(27)15-10-16(28-4)12-17(11-15)29-5/h10-14H,6-9H2,1-5H3,(H,23,24,26). The molecule has 2 aromatic rings. The molecule has 1 aliphatic rings. The predicted molar refractivity (Wildman–Crippen MR) is 112 cm³/mol. The van der Waals surface area contributed by atoms with Gasteiger partial charge in [-0.2, -0.15) is 0 Å². The van der Waals surface area contributed by atoms with Crippen LogP contribution in [0.4, 0.5) is 5.82 Å². The molecule has 1 N–H and O–H groups in total. The van der Waals surface area contributed by atoms with Crippen molar-refractivity contribution in [2.75, 3.05) is 32.6 Å². The van der Waals surface area contributed by atoms with Gasteiger partial charge < -0.3 is 24.2 Å². The normalized spacial score (nSPS) is 15.0. The molecule has 1 saturated heterocycles. The summed E-state index contributed by atoms with van der Waals surface area (Å²) in [5.74, 6) is 1.89. The lowest BCUT2D eigenvalue weighted by molar-refractivity contribution is -0.121. The van der Waals surface area contributed by atoms with Gasteiger partial charge in [-0.3, -0.25) is 9.59 Å². The van der Waals surface area contributed by atoms with E-state index in [0.29, 0.717) is 54.6 Å². The lowest BCUT2D eigenvalue weighted by Gasteiger charge is -2.31. The van der Waals surface area contributed by atoms with Crippen molar-refractivity contribution >= 4 is 17.6 Å². The fraction of sp³-hybridized carbons (Fsp3) is 0.500. The first kappa shape index (κ1) is 21.7. The van der Waals surface area contributed by atoms with Gasteiger partial charge in [0.15, 0.2) is 5.82 Å². The zero-order chi connectivity index (χ0) is 21.9. The highest BCUT2D eigenvalue weighted by Crippen LogP contribution is 2.27. The predicted octanol–water partition coefficient (Wildman–Crippen LogP) is 3.48. The summed E-state index contributed by atoms with van der Waals surface area (Å²) < 4.78 is 15.8. The Bertz CT molecular complexity index is 885. The van der Waals surface area contributed by atoms with Gasteiger partial charge in [0.25, 0.3) is 5.91 Å². The number of benzene rings is 1. The summed E-state index contributed by atoms with van der Waals surface area (Å²) in [6.07, 6.45) is 1.17. The molecule has 2 heterocycles. The Morgan fingerprint density at radius 3 is 2.17 bits per heavy atom. The first-order valence-electron chi connectivity index (χ1n) is 10.0. The molecular weight excluding hydrogens is 386 g/mol. The van der Waals surface area contributed by atoms with Gasteiger partial charge >= 0.3 is 0 Å². The van der Waals surface area contributed by atoms with Crippen molar-refractivity contribution in [1.29, 1.82) is 0 Å². The van der Waals surface area contributed by atoms with Crippen LogP contribution < -0.4 is 14.8 Å². The number of methoxy groups -OCH3 is 2. The Balaban J connectivity index is 1.58. The number of hydrogen-bond donors (Lipinski definition) is 1. The fourth-order valence-corrected chi connectivity index (χ4v) is 3.37. The van der Waals surface area contributed by atoms with E-state index in [9.17, 15) is 9.59 Å². The minimum absolute atomic E-state index is 0.0982. The summed E-state index contributed by atoms with van der Waals surface area (Å²) >= 11 is 0. The number of carbonyl (C=O) groups excluding carboxylic acids is 2. The van der Waals surface area contributed by atoms with Gasteiger partial charge in [0.2, 0.25) is 5.91 Å². The molecular formula is C22H29N3O5. The number of carbonyl (C=O) groups is 2. The summed E-state index contributed by atoms with van der Waals surface area (Å²) in [7, 11) is 3.10. The number of rotatable bonds is 5. The maximum Gasteiger partial charge on any atom is 0.254 e. The van der Waals surface area contributed by atoms with Crippen LogP contribution in [0.1, 0.15) is 49.7 Å². The highest BCUT2D eigenvalue weighted by atomic mass is 16.5. The van der Waals surface area contributed by atoms with Gasteiger partial charge in [-0.1, -0.05) is 25.9 Å². The number of piperidine rings is 1. The van der Waals surface area contributed by atoms with Gasteiger partial charge in [-0.15, -0.1) is 0 Å². The number of nitrogens with zero attached hydrogens (tertiary/aromatic N) is 2. The minimum Gasteiger partial charge on any atom is -0.497 e. The van der Waals surface area contributed by atoms with Crippen molar-refractivity contribution in [3.05, 3.63) is 35.6 Å². The molecule has 8 nitrogen and oxygen atoms in total. The molecule has 1 aromatic carbocycles. The van der Waals surface area contributed by atoms with Crippen molar-refractivity contribution in [3.63, 3.8) is 0 Å². The van der Waals surface area contributed by atoms with Crippen LogP contribution in [0.5, 0.6) is 11.5 Å². The smallest absolute Gasteiger partial charge is 0.254 e. The monoisotopic (exact) mass is 415 g/mol. The van der Waals surface area contributed by atoms with E-state index in [2.05, 4.69) is 10.5 Å². The van der Waals surface area contributed by atoms with Gasteiger partial charge in [-0.05, 0) is 25.0 Å². The van der Waals surface area contributed by atoms with Gasteiger partial charge in [0.1, 0.15) is 17.3 Å². The molecule has 2 amide bonds. The number of anilines is 1. The van der Waals surface area contributed by atoms with Gasteiger partial charge in [-0.25, -0.2) is 0 Å². The minimum atomic E-state index is -0.177. The number of likely N-dealkylation sites (tertiary alicyclic amines) is 1. The molecule has 1 aliphatic heterocycles. The third-order valence-electron chi connectivity index (χ3n) is 5.25. The first-order chi connectivity index (χ1) is 14.2. The van der Waals surface area contributed by atoms with Crippen molar-refractivity contribution in [2.24, 2.45) is 5.92 Å². The third kappa shape index (κ3) is 4.93. The zero-order valence-corrected chi connectivity index (χ0v) is 18.2. The van der Waals surface area contributed by atoms with Crippen LogP contribution in [0.25, 0.3) is 0 Å². The summed E-state index contributed by atoms with van der Waals surface area (Å²) in [4.78, 5) is 27.3. The molecule has 0 radical (unpaired) electrons. The summed E-state index contributed by atoms with van der Waals surface area (Å²) in [5, 5.41) is 6.77. The second-order valence-electron chi connectivity index (χ2n) is 8.48. The van der Waals surface area contributed by atoms with Crippen LogP contribution in [0.2, 0.25) is 0 Å². The number of hydrogen-bond acceptors (Lipinski definition) is 6. The topological polar surface area (TPSA) is 93.9 Å². The van der Waals surface area contributed by atoms with E-state index in [-0.39, 0.29) is 23.1 Å². The van der Waals surface area contributed by atoms with E-state index in [1.165, 1.54) is 0 Å². The fourth-order valence-electron chi connectivity index (χ4n) is 3.37. The zero-order valence-electron chi connectivity index (χ0n) is 18.2. The summed E-state index contributed by atoms with van der Waals surface area (Å²) in [6.45, 7) is 7.06. The average molecular weight is 415 g/mol. The molecule has 0 atom stereocenters. The van der Waals surface area contributed by atoms with Crippen LogP contribution in [0.15, 0.2) is 28.8 Å². The van der Waals surface area contributed by atoms with Gasteiger partial charge in [0, 0.05) is 42.1 Å². The molecule has 1 fully saturated rings. The highest BCUT2D eigenvalue weighted by molar-refractivity contribution is 5.96.